The van der Waals surface area contributed by atoms with Crippen molar-refractivity contribution in [2.75, 3.05) is 5.32 Å². The van der Waals surface area contributed by atoms with E-state index in [1.54, 1.807) is 6.26 Å². The molecule has 2 rings (SSSR count). The average molecular weight is 394 g/mol. The van der Waals surface area contributed by atoms with E-state index in [9.17, 15) is 4.79 Å². The maximum atomic E-state index is 12.1. The van der Waals surface area contributed by atoms with Crippen LogP contribution in [-0.2, 0) is 4.74 Å². The molecule has 5 heteroatoms. The molecular formula is C19H24BrNO3. The molecule has 1 amide bonds. The first kappa shape index (κ1) is 18.6. The van der Waals surface area contributed by atoms with E-state index in [-0.39, 0.29) is 12.0 Å². The van der Waals surface area contributed by atoms with Crippen molar-refractivity contribution in [3.63, 3.8) is 0 Å². The van der Waals surface area contributed by atoms with Gasteiger partial charge in [0, 0.05) is 21.5 Å². The van der Waals surface area contributed by atoms with Crippen molar-refractivity contribution in [3.8, 4) is 0 Å². The molecular weight excluding hydrogens is 370 g/mol. The molecule has 0 aliphatic heterocycles. The van der Waals surface area contributed by atoms with Gasteiger partial charge in [0.25, 0.3) is 0 Å². The van der Waals surface area contributed by atoms with E-state index in [0.29, 0.717) is 11.4 Å². The third-order valence-electron chi connectivity index (χ3n) is 4.14. The van der Waals surface area contributed by atoms with Crippen LogP contribution in [0.1, 0.15) is 44.9 Å². The lowest BCUT2D eigenvalue weighted by Crippen LogP contribution is -2.20. The van der Waals surface area contributed by atoms with Crippen molar-refractivity contribution in [3.05, 3.63) is 46.4 Å². The summed E-state index contributed by atoms with van der Waals surface area (Å²) >= 11 is 3.54. The van der Waals surface area contributed by atoms with Crippen LogP contribution >= 0.6 is 15.9 Å². The zero-order valence-electron chi connectivity index (χ0n) is 14.6. The molecule has 0 radical (unpaired) electrons. The quantitative estimate of drug-likeness (QED) is 0.648. The van der Waals surface area contributed by atoms with Crippen LogP contribution in [0.5, 0.6) is 0 Å². The van der Waals surface area contributed by atoms with Crippen LogP contribution in [0.15, 0.2) is 39.5 Å². The number of aryl methyl sites for hydroxylation is 1. The van der Waals surface area contributed by atoms with Crippen molar-refractivity contribution >= 4 is 33.3 Å². The largest absolute Gasteiger partial charge is 0.462 e. The first-order valence-electron chi connectivity index (χ1n) is 8.17. The molecule has 1 aromatic heterocycles. The van der Waals surface area contributed by atoms with Crippen molar-refractivity contribution < 1.29 is 13.9 Å². The second kappa shape index (κ2) is 7.88. The van der Waals surface area contributed by atoms with E-state index in [4.69, 9.17) is 9.15 Å². The lowest BCUT2D eigenvalue weighted by Gasteiger charge is -2.21. The van der Waals surface area contributed by atoms with Crippen LogP contribution in [0.3, 0.4) is 0 Å². The van der Waals surface area contributed by atoms with E-state index in [1.165, 1.54) is 0 Å². The number of hydrogen-bond donors (Lipinski definition) is 1. The normalized spacial score (nSPS) is 18.7. The van der Waals surface area contributed by atoms with Gasteiger partial charge in [0.1, 0.15) is 6.10 Å². The second-order valence-corrected chi connectivity index (χ2v) is 7.05. The van der Waals surface area contributed by atoms with Gasteiger partial charge in [0.15, 0.2) is 5.76 Å². The number of carbonyl (C=O) groups is 1. The summed E-state index contributed by atoms with van der Waals surface area (Å²) in [4.78, 5) is 12.1. The molecule has 1 aromatic rings. The molecule has 1 N–H and O–H groups in total. The van der Waals surface area contributed by atoms with Crippen LogP contribution in [0.2, 0.25) is 0 Å². The lowest BCUT2D eigenvalue weighted by molar-refractivity contribution is 0.115. The van der Waals surface area contributed by atoms with E-state index >= 15 is 0 Å². The summed E-state index contributed by atoms with van der Waals surface area (Å²) in [5.74, 6) is 0.778. The molecule has 1 heterocycles. The van der Waals surface area contributed by atoms with Gasteiger partial charge in [-0.2, -0.15) is 0 Å². The Morgan fingerprint density at radius 1 is 1.50 bits per heavy atom. The van der Waals surface area contributed by atoms with Gasteiger partial charge in [0.05, 0.1) is 12.0 Å². The van der Waals surface area contributed by atoms with E-state index < -0.39 is 6.09 Å². The highest BCUT2D eigenvalue weighted by molar-refractivity contribution is 9.11. The smallest absolute Gasteiger partial charge is 0.412 e. The minimum Gasteiger partial charge on any atom is -0.462 e. The van der Waals surface area contributed by atoms with E-state index in [0.717, 1.165) is 34.0 Å². The number of rotatable bonds is 5. The van der Waals surface area contributed by atoms with Crippen LogP contribution in [-0.4, -0.2) is 12.2 Å². The fourth-order valence-electron chi connectivity index (χ4n) is 2.61. The zero-order valence-corrected chi connectivity index (χ0v) is 16.2. The topological polar surface area (TPSA) is 51.5 Å². The summed E-state index contributed by atoms with van der Waals surface area (Å²) in [6.45, 7) is 12.1. The first-order chi connectivity index (χ1) is 11.3. The Morgan fingerprint density at radius 3 is 2.88 bits per heavy atom. The fraction of sp³-hybridized carbons (Fsp3) is 0.421. The number of allylic oxidation sites excluding steroid dienone is 5. The molecule has 0 bridgehead atoms. The highest BCUT2D eigenvalue weighted by Gasteiger charge is 2.25. The Labute approximate surface area is 151 Å². The van der Waals surface area contributed by atoms with Gasteiger partial charge >= 0.3 is 6.09 Å². The van der Waals surface area contributed by atoms with E-state index in [2.05, 4.69) is 41.7 Å². The summed E-state index contributed by atoms with van der Waals surface area (Å²) in [5, 5.41) is 2.82. The monoisotopic (exact) mass is 393 g/mol. The molecule has 2 atom stereocenters. The Balaban J connectivity index is 2.23. The predicted octanol–water partition coefficient (Wildman–Crippen LogP) is 6.19. The van der Waals surface area contributed by atoms with Gasteiger partial charge in [-0.1, -0.05) is 54.9 Å². The van der Waals surface area contributed by atoms with Crippen LogP contribution < -0.4 is 5.32 Å². The average Bonchev–Trinajstić information content (AvgIpc) is 2.86. The van der Waals surface area contributed by atoms with Crippen molar-refractivity contribution in [1.82, 2.24) is 0 Å². The number of carbonyl (C=O) groups excluding carboxylic acids is 1. The van der Waals surface area contributed by atoms with Crippen molar-refractivity contribution in [2.24, 2.45) is 5.92 Å². The van der Waals surface area contributed by atoms with E-state index in [1.807, 2.05) is 26.0 Å². The van der Waals surface area contributed by atoms with Gasteiger partial charge in [0.2, 0.25) is 0 Å². The zero-order chi connectivity index (χ0) is 17.9. The number of halogens is 1. The number of ether oxygens (including phenoxy) is 1. The molecule has 1 aliphatic rings. The van der Waals surface area contributed by atoms with Gasteiger partial charge in [-0.15, -0.1) is 0 Å². The summed E-state index contributed by atoms with van der Waals surface area (Å²) in [7, 11) is 0. The summed E-state index contributed by atoms with van der Waals surface area (Å²) in [6.07, 6.45) is 6.78. The lowest BCUT2D eigenvalue weighted by atomic mass is 9.89. The molecule has 130 valence electrons. The second-order valence-electron chi connectivity index (χ2n) is 6.13. The van der Waals surface area contributed by atoms with Crippen LogP contribution in [0.25, 0.3) is 5.57 Å². The van der Waals surface area contributed by atoms with Crippen LogP contribution in [0, 0.1) is 12.8 Å². The number of nitrogens with one attached hydrogen (secondary N) is 1. The Kier molecular flexibility index (Phi) is 6.10. The number of amides is 1. The summed E-state index contributed by atoms with van der Waals surface area (Å²) in [5.41, 5.74) is 3.31. The van der Waals surface area contributed by atoms with Gasteiger partial charge < -0.3 is 9.15 Å². The highest BCUT2D eigenvalue weighted by atomic mass is 79.9. The predicted molar refractivity (Wildman–Crippen MR) is 101 cm³/mol. The van der Waals surface area contributed by atoms with Gasteiger partial charge in [-0.25, -0.2) is 4.79 Å². The van der Waals surface area contributed by atoms with Gasteiger partial charge in [-0.05, 0) is 25.8 Å². The van der Waals surface area contributed by atoms with Crippen LogP contribution in [0.4, 0.5) is 10.5 Å². The fourth-order valence-corrected chi connectivity index (χ4v) is 3.02. The number of furan rings is 1. The number of anilines is 1. The maximum Gasteiger partial charge on any atom is 0.412 e. The molecule has 1 unspecified atom stereocenters. The minimum absolute atomic E-state index is 0.117. The summed E-state index contributed by atoms with van der Waals surface area (Å²) in [6, 6.07) is 0. The molecule has 0 spiro atoms. The molecule has 0 fully saturated rings. The molecule has 1 aliphatic carbocycles. The van der Waals surface area contributed by atoms with Crippen molar-refractivity contribution in [1.29, 1.82) is 0 Å². The SMILES string of the molecule is C=C1C(c2occ(C)c2NC(=O)O[C@H](C)CCC)=CC=C(Br)C1C. The first-order valence-corrected chi connectivity index (χ1v) is 8.97. The molecule has 0 aromatic carbocycles. The standard InChI is InChI=1S/C19H24BrNO3/c1-6-7-12(3)24-19(22)21-17-11(2)10-23-18(17)15-8-9-16(20)14(5)13(15)4/h8-10,12,14H,4,6-7H2,1-3,5H3,(H,21,22)/t12-,14?/m1/s1. The Bertz CT molecular complexity index is 699. The van der Waals surface area contributed by atoms with Gasteiger partial charge in [-0.3, -0.25) is 5.32 Å². The molecule has 24 heavy (non-hydrogen) atoms. The highest BCUT2D eigenvalue weighted by Crippen LogP contribution is 2.41. The summed E-state index contributed by atoms with van der Waals surface area (Å²) < 4.78 is 12.1. The third kappa shape index (κ3) is 4.01. The third-order valence-corrected chi connectivity index (χ3v) is 5.09. The number of hydrogen-bond acceptors (Lipinski definition) is 3. The minimum atomic E-state index is -0.464. The molecule has 0 saturated carbocycles. The van der Waals surface area contributed by atoms with Crippen molar-refractivity contribution in [2.45, 2.75) is 46.6 Å². The molecule has 4 nitrogen and oxygen atoms in total. The Hall–Kier alpha value is -1.75. The molecule has 0 saturated heterocycles. The maximum absolute atomic E-state index is 12.1. The Morgan fingerprint density at radius 2 is 2.21 bits per heavy atom.